The van der Waals surface area contributed by atoms with Gasteiger partial charge in [0.25, 0.3) is 0 Å². The number of anilines is 1. The molecule has 6 nitrogen and oxygen atoms in total. The number of hydrogen-bond donors (Lipinski definition) is 1. The summed E-state index contributed by atoms with van der Waals surface area (Å²) in [6.45, 7) is 3.66. The van der Waals surface area contributed by atoms with Crippen LogP contribution in [0.3, 0.4) is 0 Å². The Kier molecular flexibility index (Phi) is 6.45. The molecular weight excluding hydrogens is 344 g/mol. The zero-order valence-corrected chi connectivity index (χ0v) is 16.4. The maximum absolute atomic E-state index is 12.9. The number of carbonyl (C=O) groups excluding carboxylic acids is 2. The first kappa shape index (κ1) is 20.3. The van der Waals surface area contributed by atoms with Crippen LogP contribution in [0.1, 0.15) is 19.4 Å². The number of methoxy groups -OCH3 is 2. The molecule has 0 aliphatic heterocycles. The van der Waals surface area contributed by atoms with Crippen LogP contribution in [0.25, 0.3) is 0 Å². The molecule has 2 rings (SSSR count). The first-order chi connectivity index (χ1) is 12.8. The van der Waals surface area contributed by atoms with Crippen LogP contribution >= 0.6 is 0 Å². The Labute approximate surface area is 160 Å². The standard InChI is InChI=1S/C21H26N2O4/c1-21(2,20(25)23(3)14-15-9-7-6-8-10-15)19(24)22-17-12-11-16(26-4)13-18(17)27-5/h6-13H,14H2,1-5H3,(H,22,24). The van der Waals surface area contributed by atoms with Crippen molar-refractivity contribution in [3.63, 3.8) is 0 Å². The monoisotopic (exact) mass is 370 g/mol. The van der Waals surface area contributed by atoms with E-state index in [1.807, 2.05) is 30.3 Å². The lowest BCUT2D eigenvalue weighted by Crippen LogP contribution is -2.45. The Morgan fingerprint density at radius 3 is 2.30 bits per heavy atom. The zero-order valence-electron chi connectivity index (χ0n) is 16.4. The maximum atomic E-state index is 12.9. The zero-order chi connectivity index (χ0) is 20.0. The summed E-state index contributed by atoms with van der Waals surface area (Å²) < 4.78 is 10.5. The van der Waals surface area contributed by atoms with E-state index < -0.39 is 11.3 Å². The average molecular weight is 370 g/mol. The van der Waals surface area contributed by atoms with E-state index in [0.717, 1.165) is 5.56 Å². The fourth-order valence-electron chi connectivity index (χ4n) is 2.68. The van der Waals surface area contributed by atoms with Gasteiger partial charge < -0.3 is 19.7 Å². The first-order valence-electron chi connectivity index (χ1n) is 8.62. The molecule has 0 aliphatic carbocycles. The Hall–Kier alpha value is -3.02. The van der Waals surface area contributed by atoms with E-state index in [0.29, 0.717) is 23.7 Å². The van der Waals surface area contributed by atoms with E-state index >= 15 is 0 Å². The molecule has 2 amide bonds. The number of nitrogens with one attached hydrogen (secondary N) is 1. The summed E-state index contributed by atoms with van der Waals surface area (Å²) in [7, 11) is 4.75. The topological polar surface area (TPSA) is 67.9 Å². The Balaban J connectivity index is 2.13. The highest BCUT2D eigenvalue weighted by Crippen LogP contribution is 2.31. The van der Waals surface area contributed by atoms with Crippen molar-refractivity contribution in [3.05, 3.63) is 54.1 Å². The summed E-state index contributed by atoms with van der Waals surface area (Å²) in [6.07, 6.45) is 0. The molecule has 6 heteroatoms. The van der Waals surface area contributed by atoms with E-state index in [-0.39, 0.29) is 5.91 Å². The number of rotatable bonds is 7. The number of hydrogen-bond acceptors (Lipinski definition) is 4. The lowest BCUT2D eigenvalue weighted by Gasteiger charge is -2.28. The molecule has 0 spiro atoms. The molecule has 27 heavy (non-hydrogen) atoms. The SMILES string of the molecule is COc1ccc(NC(=O)C(C)(C)C(=O)N(C)Cc2ccccc2)c(OC)c1. The molecule has 0 heterocycles. The molecule has 1 N–H and O–H groups in total. The van der Waals surface area contributed by atoms with Gasteiger partial charge >= 0.3 is 0 Å². The second-order valence-corrected chi connectivity index (χ2v) is 6.79. The van der Waals surface area contributed by atoms with Gasteiger partial charge in [0.2, 0.25) is 11.8 Å². The highest BCUT2D eigenvalue weighted by atomic mass is 16.5. The van der Waals surface area contributed by atoms with E-state index in [1.54, 1.807) is 51.1 Å². The number of amides is 2. The third kappa shape index (κ3) is 4.78. The lowest BCUT2D eigenvalue weighted by molar-refractivity contribution is -0.145. The molecule has 0 bridgehead atoms. The van der Waals surface area contributed by atoms with Gasteiger partial charge in [-0.2, -0.15) is 0 Å². The third-order valence-electron chi connectivity index (χ3n) is 4.37. The Morgan fingerprint density at radius 2 is 1.70 bits per heavy atom. The van der Waals surface area contributed by atoms with Crippen molar-refractivity contribution in [1.29, 1.82) is 0 Å². The average Bonchev–Trinajstić information content (AvgIpc) is 2.68. The second-order valence-electron chi connectivity index (χ2n) is 6.79. The first-order valence-corrected chi connectivity index (χ1v) is 8.62. The number of ether oxygens (including phenoxy) is 2. The van der Waals surface area contributed by atoms with Crippen molar-refractivity contribution in [3.8, 4) is 11.5 Å². The minimum atomic E-state index is -1.24. The van der Waals surface area contributed by atoms with Gasteiger partial charge in [0.15, 0.2) is 0 Å². The summed E-state index contributed by atoms with van der Waals surface area (Å²) in [5.41, 5.74) is 0.241. The summed E-state index contributed by atoms with van der Waals surface area (Å²) >= 11 is 0. The number of nitrogens with zero attached hydrogens (tertiary/aromatic N) is 1. The Bertz CT molecular complexity index is 803. The van der Waals surface area contributed by atoms with Crippen molar-refractivity contribution in [2.24, 2.45) is 5.41 Å². The maximum Gasteiger partial charge on any atom is 0.239 e. The van der Waals surface area contributed by atoms with Gasteiger partial charge in [-0.05, 0) is 31.5 Å². The van der Waals surface area contributed by atoms with Crippen molar-refractivity contribution in [2.75, 3.05) is 26.6 Å². The van der Waals surface area contributed by atoms with Gasteiger partial charge in [0.1, 0.15) is 16.9 Å². The summed E-state index contributed by atoms with van der Waals surface area (Å²) in [6, 6.07) is 14.7. The van der Waals surface area contributed by atoms with Gasteiger partial charge in [0, 0.05) is 19.7 Å². The van der Waals surface area contributed by atoms with Crippen molar-refractivity contribution in [2.45, 2.75) is 20.4 Å². The highest BCUT2D eigenvalue weighted by molar-refractivity contribution is 6.10. The van der Waals surface area contributed by atoms with Crippen LogP contribution in [-0.2, 0) is 16.1 Å². The van der Waals surface area contributed by atoms with Crippen LogP contribution in [0.4, 0.5) is 5.69 Å². The van der Waals surface area contributed by atoms with Crippen LogP contribution in [0.15, 0.2) is 48.5 Å². The summed E-state index contributed by atoms with van der Waals surface area (Å²) in [5.74, 6) is 0.401. The lowest BCUT2D eigenvalue weighted by atomic mass is 9.90. The van der Waals surface area contributed by atoms with E-state index in [2.05, 4.69) is 5.32 Å². The van der Waals surface area contributed by atoms with Crippen LogP contribution in [-0.4, -0.2) is 38.0 Å². The van der Waals surface area contributed by atoms with Crippen LogP contribution in [0.5, 0.6) is 11.5 Å². The molecule has 0 aliphatic rings. The predicted molar refractivity (Wildman–Crippen MR) is 105 cm³/mol. The normalized spacial score (nSPS) is 10.9. The highest BCUT2D eigenvalue weighted by Gasteiger charge is 2.38. The Morgan fingerprint density at radius 1 is 1.04 bits per heavy atom. The quantitative estimate of drug-likeness (QED) is 0.759. The van der Waals surface area contributed by atoms with Crippen LogP contribution in [0.2, 0.25) is 0 Å². The van der Waals surface area contributed by atoms with Gasteiger partial charge in [0.05, 0.1) is 19.9 Å². The van der Waals surface area contributed by atoms with E-state index in [9.17, 15) is 9.59 Å². The van der Waals surface area contributed by atoms with Gasteiger partial charge in [-0.15, -0.1) is 0 Å². The van der Waals surface area contributed by atoms with E-state index in [1.165, 1.54) is 7.11 Å². The molecule has 0 saturated heterocycles. The minimum Gasteiger partial charge on any atom is -0.497 e. The smallest absolute Gasteiger partial charge is 0.239 e. The van der Waals surface area contributed by atoms with Gasteiger partial charge in [-0.25, -0.2) is 0 Å². The largest absolute Gasteiger partial charge is 0.497 e. The minimum absolute atomic E-state index is 0.267. The molecule has 0 radical (unpaired) electrons. The molecular formula is C21H26N2O4. The van der Waals surface area contributed by atoms with Crippen LogP contribution in [0, 0.1) is 5.41 Å². The number of carbonyl (C=O) groups is 2. The van der Waals surface area contributed by atoms with Gasteiger partial charge in [-0.1, -0.05) is 30.3 Å². The fourth-order valence-corrected chi connectivity index (χ4v) is 2.68. The number of benzene rings is 2. The molecule has 144 valence electrons. The molecule has 0 aromatic heterocycles. The molecule has 2 aromatic rings. The van der Waals surface area contributed by atoms with Crippen molar-refractivity contribution >= 4 is 17.5 Å². The van der Waals surface area contributed by atoms with E-state index in [4.69, 9.17) is 9.47 Å². The van der Waals surface area contributed by atoms with Crippen molar-refractivity contribution < 1.29 is 19.1 Å². The molecule has 0 atom stereocenters. The van der Waals surface area contributed by atoms with Gasteiger partial charge in [-0.3, -0.25) is 9.59 Å². The van der Waals surface area contributed by atoms with Crippen molar-refractivity contribution in [1.82, 2.24) is 4.90 Å². The fraction of sp³-hybridized carbons (Fsp3) is 0.333. The second kappa shape index (κ2) is 8.58. The molecule has 0 saturated carbocycles. The predicted octanol–water partition coefficient (Wildman–Crippen LogP) is 3.33. The molecule has 0 fully saturated rings. The third-order valence-corrected chi connectivity index (χ3v) is 4.37. The van der Waals surface area contributed by atoms with Crippen LogP contribution < -0.4 is 14.8 Å². The summed E-state index contributed by atoms with van der Waals surface area (Å²) in [4.78, 5) is 27.2. The molecule has 2 aromatic carbocycles. The molecule has 0 unspecified atom stereocenters. The summed E-state index contributed by atoms with van der Waals surface area (Å²) in [5, 5.41) is 2.79.